The highest BCUT2D eigenvalue weighted by Crippen LogP contribution is 2.21. The second kappa shape index (κ2) is 5.53. The van der Waals surface area contributed by atoms with E-state index in [0.29, 0.717) is 10.6 Å². The Hall–Kier alpha value is -1.34. The van der Waals surface area contributed by atoms with E-state index in [4.69, 9.17) is 16.7 Å². The number of carbonyl (C=O) groups is 1. The summed E-state index contributed by atoms with van der Waals surface area (Å²) < 4.78 is 2.73. The molecule has 1 aromatic heterocycles. The summed E-state index contributed by atoms with van der Waals surface area (Å²) in [7, 11) is 0. The van der Waals surface area contributed by atoms with Crippen molar-refractivity contribution < 1.29 is 9.90 Å². The van der Waals surface area contributed by atoms with Crippen LogP contribution in [0.4, 0.5) is 0 Å². The highest BCUT2D eigenvalue weighted by atomic mass is 127. The van der Waals surface area contributed by atoms with Gasteiger partial charge in [0.1, 0.15) is 0 Å². The fraction of sp³-hybridized carbons (Fsp3) is 0. The van der Waals surface area contributed by atoms with Crippen LogP contribution >= 0.6 is 34.2 Å². The zero-order valence-corrected chi connectivity index (χ0v) is 12.0. The van der Waals surface area contributed by atoms with Gasteiger partial charge in [-0.25, -0.2) is 9.48 Å². The van der Waals surface area contributed by atoms with E-state index in [1.54, 1.807) is 23.0 Å². The number of halogens is 2. The van der Waals surface area contributed by atoms with E-state index in [1.165, 1.54) is 6.08 Å². The summed E-state index contributed by atoms with van der Waals surface area (Å²) in [6.45, 7) is 0. The Morgan fingerprint density at radius 1 is 1.50 bits per heavy atom. The van der Waals surface area contributed by atoms with E-state index in [-0.39, 0.29) is 0 Å². The maximum absolute atomic E-state index is 10.4. The fourth-order valence-corrected chi connectivity index (χ4v) is 2.02. The quantitative estimate of drug-likeness (QED) is 0.663. The van der Waals surface area contributed by atoms with Crippen LogP contribution in [-0.2, 0) is 4.79 Å². The summed E-state index contributed by atoms with van der Waals surface area (Å²) >= 11 is 8.25. The van der Waals surface area contributed by atoms with Crippen molar-refractivity contribution in [1.82, 2.24) is 9.78 Å². The molecule has 92 valence electrons. The Morgan fingerprint density at radius 3 is 2.83 bits per heavy atom. The number of hydrogen-bond acceptors (Lipinski definition) is 2. The summed E-state index contributed by atoms with van der Waals surface area (Å²) in [5, 5.41) is 13.2. The van der Waals surface area contributed by atoms with E-state index in [1.807, 2.05) is 12.3 Å². The van der Waals surface area contributed by atoms with E-state index in [0.717, 1.165) is 15.3 Å². The number of carboxylic acids is 1. The third-order valence-corrected chi connectivity index (χ3v) is 3.09. The van der Waals surface area contributed by atoms with Gasteiger partial charge >= 0.3 is 5.97 Å². The lowest BCUT2D eigenvalue weighted by atomic mass is 10.2. The SMILES string of the molecule is O=C(O)/C=C/c1ccc(-n2cc(I)cn2)cc1Cl. The van der Waals surface area contributed by atoms with Crippen LogP contribution in [0.1, 0.15) is 5.56 Å². The third kappa shape index (κ3) is 3.11. The van der Waals surface area contributed by atoms with Crippen LogP contribution in [0, 0.1) is 3.57 Å². The summed E-state index contributed by atoms with van der Waals surface area (Å²) in [5.74, 6) is -1.00. The van der Waals surface area contributed by atoms with Crippen molar-refractivity contribution in [1.29, 1.82) is 0 Å². The number of hydrogen-bond donors (Lipinski definition) is 1. The van der Waals surface area contributed by atoms with Crippen molar-refractivity contribution >= 4 is 46.2 Å². The van der Waals surface area contributed by atoms with Crippen molar-refractivity contribution in [2.45, 2.75) is 0 Å². The van der Waals surface area contributed by atoms with Gasteiger partial charge in [0, 0.05) is 17.3 Å². The molecule has 0 radical (unpaired) electrons. The summed E-state index contributed by atoms with van der Waals surface area (Å²) in [6.07, 6.45) is 6.13. The summed E-state index contributed by atoms with van der Waals surface area (Å²) in [4.78, 5) is 10.4. The number of nitrogens with zero attached hydrogens (tertiary/aromatic N) is 2. The average Bonchev–Trinajstić information content (AvgIpc) is 2.74. The first-order valence-corrected chi connectivity index (χ1v) is 6.43. The Balaban J connectivity index is 2.33. The van der Waals surface area contributed by atoms with Crippen LogP contribution in [0.15, 0.2) is 36.7 Å². The minimum atomic E-state index is -1.00. The molecule has 0 saturated carbocycles. The molecule has 18 heavy (non-hydrogen) atoms. The molecule has 1 N–H and O–H groups in total. The maximum atomic E-state index is 10.4. The Kier molecular flexibility index (Phi) is 4.03. The first-order chi connectivity index (χ1) is 8.56. The molecule has 0 unspecified atom stereocenters. The normalized spacial score (nSPS) is 11.0. The van der Waals surface area contributed by atoms with Crippen molar-refractivity contribution in [3.63, 3.8) is 0 Å². The smallest absolute Gasteiger partial charge is 0.328 e. The number of benzene rings is 1. The van der Waals surface area contributed by atoms with Crippen molar-refractivity contribution in [3.05, 3.63) is 50.8 Å². The lowest BCUT2D eigenvalue weighted by molar-refractivity contribution is -0.131. The molecule has 6 heteroatoms. The molecule has 0 bridgehead atoms. The average molecular weight is 375 g/mol. The van der Waals surface area contributed by atoms with Crippen LogP contribution in [0.25, 0.3) is 11.8 Å². The first kappa shape index (κ1) is 13.1. The lowest BCUT2D eigenvalue weighted by Crippen LogP contribution is -1.94. The van der Waals surface area contributed by atoms with Gasteiger partial charge in [0.2, 0.25) is 0 Å². The number of aliphatic carboxylic acids is 1. The maximum Gasteiger partial charge on any atom is 0.328 e. The minimum absolute atomic E-state index is 0.482. The molecule has 0 atom stereocenters. The predicted molar refractivity (Wildman–Crippen MR) is 78.0 cm³/mol. The zero-order valence-electron chi connectivity index (χ0n) is 9.05. The summed E-state index contributed by atoms with van der Waals surface area (Å²) in [6, 6.07) is 5.33. The van der Waals surface area contributed by atoms with Gasteiger partial charge in [-0.05, 0) is 46.4 Å². The number of carboxylic acid groups (broad SMARTS) is 1. The van der Waals surface area contributed by atoms with Crippen molar-refractivity contribution in [2.75, 3.05) is 0 Å². The fourth-order valence-electron chi connectivity index (χ4n) is 1.40. The minimum Gasteiger partial charge on any atom is -0.478 e. The van der Waals surface area contributed by atoms with Crippen LogP contribution in [-0.4, -0.2) is 20.9 Å². The van der Waals surface area contributed by atoms with E-state index < -0.39 is 5.97 Å². The van der Waals surface area contributed by atoms with Crippen molar-refractivity contribution in [2.24, 2.45) is 0 Å². The van der Waals surface area contributed by atoms with Gasteiger partial charge in [0.15, 0.2) is 0 Å². The second-order valence-electron chi connectivity index (χ2n) is 3.48. The molecule has 2 aromatic rings. The molecule has 0 saturated heterocycles. The Labute approximate surface area is 122 Å². The van der Waals surface area contributed by atoms with E-state index in [2.05, 4.69) is 27.7 Å². The summed E-state index contributed by atoms with van der Waals surface area (Å²) in [5.41, 5.74) is 1.49. The number of aromatic nitrogens is 2. The Bertz CT molecular complexity index is 622. The van der Waals surface area contributed by atoms with E-state index in [9.17, 15) is 4.79 Å². The molecule has 1 aromatic carbocycles. The van der Waals surface area contributed by atoms with Gasteiger partial charge in [0.25, 0.3) is 0 Å². The molecular formula is C12H8ClIN2O2. The second-order valence-corrected chi connectivity index (χ2v) is 5.13. The highest BCUT2D eigenvalue weighted by molar-refractivity contribution is 14.1. The van der Waals surface area contributed by atoms with Gasteiger partial charge < -0.3 is 5.11 Å². The topological polar surface area (TPSA) is 55.1 Å². The van der Waals surface area contributed by atoms with Crippen LogP contribution in [0.5, 0.6) is 0 Å². The molecule has 0 aliphatic heterocycles. The highest BCUT2D eigenvalue weighted by Gasteiger charge is 2.03. The molecule has 0 spiro atoms. The monoisotopic (exact) mass is 374 g/mol. The van der Waals surface area contributed by atoms with Gasteiger partial charge in [-0.1, -0.05) is 17.7 Å². The molecular weight excluding hydrogens is 367 g/mol. The third-order valence-electron chi connectivity index (χ3n) is 2.21. The van der Waals surface area contributed by atoms with Gasteiger partial charge in [-0.15, -0.1) is 0 Å². The zero-order chi connectivity index (χ0) is 13.1. The predicted octanol–water partition coefficient (Wildman–Crippen LogP) is 3.23. The van der Waals surface area contributed by atoms with Crippen LogP contribution < -0.4 is 0 Å². The van der Waals surface area contributed by atoms with Gasteiger partial charge in [-0.3, -0.25) is 0 Å². The van der Waals surface area contributed by atoms with Gasteiger partial charge in [-0.2, -0.15) is 5.10 Å². The van der Waals surface area contributed by atoms with E-state index >= 15 is 0 Å². The van der Waals surface area contributed by atoms with Crippen LogP contribution in [0.3, 0.4) is 0 Å². The molecule has 0 aliphatic carbocycles. The largest absolute Gasteiger partial charge is 0.478 e. The molecule has 4 nitrogen and oxygen atoms in total. The Morgan fingerprint density at radius 2 is 2.28 bits per heavy atom. The molecule has 1 heterocycles. The molecule has 2 rings (SSSR count). The van der Waals surface area contributed by atoms with Crippen molar-refractivity contribution in [3.8, 4) is 5.69 Å². The molecule has 0 aliphatic rings. The standard InChI is InChI=1S/C12H8ClIN2O2/c13-11-5-10(16-7-9(14)6-15-16)3-1-8(11)2-4-12(17)18/h1-7H,(H,17,18)/b4-2+. The molecule has 0 fully saturated rings. The van der Waals surface area contributed by atoms with Crippen LogP contribution in [0.2, 0.25) is 5.02 Å². The lowest BCUT2D eigenvalue weighted by Gasteiger charge is -2.04. The number of rotatable bonds is 3. The first-order valence-electron chi connectivity index (χ1n) is 4.97. The van der Waals surface area contributed by atoms with Gasteiger partial charge in [0.05, 0.1) is 15.5 Å². The molecule has 0 amide bonds.